The molecule has 0 N–H and O–H groups in total. The second kappa shape index (κ2) is 9.92. The summed E-state index contributed by atoms with van der Waals surface area (Å²) in [6.07, 6.45) is 0.615. The van der Waals surface area contributed by atoms with Crippen LogP contribution in [0.2, 0.25) is 0 Å². The van der Waals surface area contributed by atoms with Crippen molar-refractivity contribution in [3.05, 3.63) is 0 Å². The van der Waals surface area contributed by atoms with Crippen molar-refractivity contribution in [3.63, 3.8) is 0 Å². The molecule has 0 bridgehead atoms. The van der Waals surface area contributed by atoms with Crippen LogP contribution in [0.4, 0.5) is 0 Å². The molecule has 0 aliphatic heterocycles. The first-order valence-electron chi connectivity index (χ1n) is 5.40. The average Bonchev–Trinajstić information content (AvgIpc) is 2.32. The van der Waals surface area contributed by atoms with Crippen molar-refractivity contribution in [1.29, 1.82) is 0 Å². The van der Waals surface area contributed by atoms with Gasteiger partial charge in [-0.2, -0.15) is 5.10 Å². The third kappa shape index (κ3) is 7.59. The van der Waals surface area contributed by atoms with Crippen LogP contribution >= 0.6 is 0 Å². The largest absolute Gasteiger partial charge is 0.461 e. The molecule has 0 spiro atoms. The van der Waals surface area contributed by atoms with Crippen molar-refractivity contribution in [2.75, 3.05) is 34.0 Å². The lowest BCUT2D eigenvalue weighted by molar-refractivity contribution is -0.135. The maximum Gasteiger partial charge on any atom is 0.354 e. The second-order valence-corrected chi connectivity index (χ2v) is 3.25. The van der Waals surface area contributed by atoms with Gasteiger partial charge in [0.25, 0.3) is 0 Å². The van der Waals surface area contributed by atoms with Crippen LogP contribution in [0.1, 0.15) is 20.3 Å². The maximum atomic E-state index is 11.2. The molecule has 0 aromatic heterocycles. The fourth-order valence-electron chi connectivity index (χ4n) is 0.960. The second-order valence-electron chi connectivity index (χ2n) is 3.25. The van der Waals surface area contributed by atoms with Gasteiger partial charge in [-0.25, -0.2) is 4.79 Å². The summed E-state index contributed by atoms with van der Waals surface area (Å²) in [6, 6.07) is 0. The molecule has 0 amide bonds. The van der Waals surface area contributed by atoms with Gasteiger partial charge in [-0.05, 0) is 13.8 Å². The molecule has 0 rings (SSSR count). The van der Waals surface area contributed by atoms with Gasteiger partial charge in [0.15, 0.2) is 0 Å². The zero-order valence-corrected chi connectivity index (χ0v) is 10.9. The summed E-state index contributed by atoms with van der Waals surface area (Å²) in [4.78, 5) is 11.2. The van der Waals surface area contributed by atoms with E-state index in [9.17, 15) is 4.79 Å². The van der Waals surface area contributed by atoms with Crippen LogP contribution in [0.25, 0.3) is 0 Å². The molecule has 0 atom stereocenters. The third-order valence-corrected chi connectivity index (χ3v) is 1.82. The van der Waals surface area contributed by atoms with E-state index in [2.05, 4.69) is 10.2 Å². The standard InChI is InChI=1S/C11H20N2O4/c1-5-17-11(14)9(2)12-13-10(8-16-4)6-7-15-3/h5-8H2,1-4H3/b12-9-,13-10+. The molecule has 0 saturated carbocycles. The molecule has 6 heteroatoms. The minimum Gasteiger partial charge on any atom is -0.461 e. The van der Waals surface area contributed by atoms with Crippen LogP contribution < -0.4 is 0 Å². The first-order chi connectivity index (χ1) is 8.15. The Balaban J connectivity index is 4.47. The predicted octanol–water partition coefficient (Wildman–Crippen LogP) is 1.05. The number of carbonyl (C=O) groups is 1. The Bertz CT molecular complexity index is 287. The summed E-state index contributed by atoms with van der Waals surface area (Å²) in [7, 11) is 3.18. The lowest BCUT2D eigenvalue weighted by Crippen LogP contribution is -2.15. The Morgan fingerprint density at radius 1 is 1.18 bits per heavy atom. The first kappa shape index (κ1) is 15.7. The Kier molecular flexibility index (Phi) is 9.18. The number of rotatable bonds is 8. The van der Waals surface area contributed by atoms with Crippen LogP contribution in [-0.4, -0.2) is 51.4 Å². The molecule has 98 valence electrons. The third-order valence-electron chi connectivity index (χ3n) is 1.82. The van der Waals surface area contributed by atoms with Crippen molar-refractivity contribution in [2.24, 2.45) is 10.2 Å². The van der Waals surface area contributed by atoms with E-state index < -0.39 is 5.97 Å². The predicted molar refractivity (Wildman–Crippen MR) is 65.5 cm³/mol. The number of nitrogens with zero attached hydrogens (tertiary/aromatic N) is 2. The van der Waals surface area contributed by atoms with Crippen LogP contribution in [0.3, 0.4) is 0 Å². The summed E-state index contributed by atoms with van der Waals surface area (Å²) >= 11 is 0. The molecular weight excluding hydrogens is 224 g/mol. The summed E-state index contributed by atoms with van der Waals surface area (Å²) in [5, 5.41) is 7.76. The van der Waals surface area contributed by atoms with Crippen molar-refractivity contribution in [3.8, 4) is 0 Å². The molecule has 0 saturated heterocycles. The lowest BCUT2D eigenvalue weighted by Gasteiger charge is -2.03. The number of hydrogen-bond acceptors (Lipinski definition) is 6. The molecule has 0 aliphatic carbocycles. The van der Waals surface area contributed by atoms with E-state index in [1.807, 2.05) is 0 Å². The number of esters is 1. The summed E-state index contributed by atoms with van der Waals surface area (Å²) < 4.78 is 14.7. The molecule has 0 radical (unpaired) electrons. The SMILES string of the molecule is CCOC(=O)/C(C)=N\N=C(/CCOC)COC. The highest BCUT2D eigenvalue weighted by Gasteiger charge is 2.06. The highest BCUT2D eigenvalue weighted by molar-refractivity contribution is 6.35. The zero-order valence-electron chi connectivity index (χ0n) is 10.9. The van der Waals surface area contributed by atoms with Gasteiger partial charge in [0.1, 0.15) is 5.71 Å². The smallest absolute Gasteiger partial charge is 0.354 e. The molecule has 0 aliphatic rings. The van der Waals surface area contributed by atoms with Crippen molar-refractivity contribution in [2.45, 2.75) is 20.3 Å². The van der Waals surface area contributed by atoms with Crippen molar-refractivity contribution >= 4 is 17.4 Å². The van der Waals surface area contributed by atoms with E-state index in [1.165, 1.54) is 0 Å². The molecule has 6 nitrogen and oxygen atoms in total. The van der Waals surface area contributed by atoms with Crippen molar-refractivity contribution in [1.82, 2.24) is 0 Å². The van der Waals surface area contributed by atoms with Crippen LogP contribution in [-0.2, 0) is 19.0 Å². The lowest BCUT2D eigenvalue weighted by atomic mass is 10.3. The molecule has 0 aromatic carbocycles. The summed E-state index contributed by atoms with van der Waals surface area (Å²) in [5.74, 6) is -0.459. The molecule has 17 heavy (non-hydrogen) atoms. The Hall–Kier alpha value is -1.27. The van der Waals surface area contributed by atoms with E-state index in [1.54, 1.807) is 28.1 Å². The molecule has 0 unspecified atom stereocenters. The van der Waals surface area contributed by atoms with E-state index >= 15 is 0 Å². The first-order valence-corrected chi connectivity index (χ1v) is 5.40. The van der Waals surface area contributed by atoms with E-state index in [0.29, 0.717) is 26.2 Å². The minimum absolute atomic E-state index is 0.220. The van der Waals surface area contributed by atoms with Crippen LogP contribution in [0.15, 0.2) is 10.2 Å². The van der Waals surface area contributed by atoms with Crippen molar-refractivity contribution < 1.29 is 19.0 Å². The fourth-order valence-corrected chi connectivity index (χ4v) is 0.960. The Morgan fingerprint density at radius 2 is 1.88 bits per heavy atom. The Labute approximate surface area is 102 Å². The van der Waals surface area contributed by atoms with Crippen LogP contribution in [0, 0.1) is 0 Å². The zero-order chi connectivity index (χ0) is 13.1. The number of carbonyl (C=O) groups excluding carboxylic acids is 1. The summed E-state index contributed by atoms with van der Waals surface area (Å²) in [5.41, 5.74) is 0.941. The quantitative estimate of drug-likeness (QED) is 0.363. The van der Waals surface area contributed by atoms with E-state index in [0.717, 1.165) is 5.71 Å². The minimum atomic E-state index is -0.459. The molecular formula is C11H20N2O4. The topological polar surface area (TPSA) is 69.5 Å². The Morgan fingerprint density at radius 3 is 2.41 bits per heavy atom. The fraction of sp³-hybridized carbons (Fsp3) is 0.727. The molecule has 0 heterocycles. The molecule has 0 fully saturated rings. The van der Waals surface area contributed by atoms with Gasteiger partial charge in [0.2, 0.25) is 0 Å². The maximum absolute atomic E-state index is 11.2. The van der Waals surface area contributed by atoms with E-state index in [-0.39, 0.29) is 5.71 Å². The highest BCUT2D eigenvalue weighted by atomic mass is 16.5. The van der Waals surface area contributed by atoms with Gasteiger partial charge >= 0.3 is 5.97 Å². The van der Waals surface area contributed by atoms with Crippen LogP contribution in [0.5, 0.6) is 0 Å². The average molecular weight is 244 g/mol. The van der Waals surface area contributed by atoms with Gasteiger partial charge in [-0.15, -0.1) is 5.10 Å². The molecule has 0 aromatic rings. The monoisotopic (exact) mass is 244 g/mol. The van der Waals surface area contributed by atoms with Gasteiger partial charge < -0.3 is 14.2 Å². The van der Waals surface area contributed by atoms with Gasteiger partial charge in [-0.3, -0.25) is 0 Å². The summed E-state index contributed by atoms with van der Waals surface area (Å²) in [6.45, 7) is 4.52. The van der Waals surface area contributed by atoms with Gasteiger partial charge in [0.05, 0.1) is 25.5 Å². The van der Waals surface area contributed by atoms with E-state index in [4.69, 9.17) is 14.2 Å². The van der Waals surface area contributed by atoms with Gasteiger partial charge in [0, 0.05) is 20.6 Å². The van der Waals surface area contributed by atoms with Gasteiger partial charge in [-0.1, -0.05) is 0 Å². The highest BCUT2D eigenvalue weighted by Crippen LogP contribution is 1.93. The number of ether oxygens (including phenoxy) is 3. The number of hydrogen-bond donors (Lipinski definition) is 0. The number of methoxy groups -OCH3 is 2. The normalized spacial score (nSPS) is 12.7.